The van der Waals surface area contributed by atoms with Crippen molar-refractivity contribution in [3.05, 3.63) is 0 Å². The first-order valence-electron chi connectivity index (χ1n) is 6.82. The second-order valence-corrected chi connectivity index (χ2v) is 5.23. The normalized spacial score (nSPS) is 29.9. The van der Waals surface area contributed by atoms with Crippen LogP contribution in [0.1, 0.15) is 51.4 Å². The SMILES string of the molecule is NCCCC(=O)N1CCCC2CCCCC21. The molecule has 2 unspecified atom stereocenters. The summed E-state index contributed by atoms with van der Waals surface area (Å²) in [5.41, 5.74) is 5.47. The van der Waals surface area contributed by atoms with Crippen LogP contribution in [0.15, 0.2) is 0 Å². The smallest absolute Gasteiger partial charge is 0.222 e. The van der Waals surface area contributed by atoms with Crippen LogP contribution < -0.4 is 5.73 Å². The van der Waals surface area contributed by atoms with Gasteiger partial charge in [-0.3, -0.25) is 4.79 Å². The third-order valence-electron chi connectivity index (χ3n) is 4.16. The number of nitrogens with zero attached hydrogens (tertiary/aromatic N) is 1. The second kappa shape index (κ2) is 5.67. The number of hydrogen-bond donors (Lipinski definition) is 1. The van der Waals surface area contributed by atoms with Gasteiger partial charge in [0.1, 0.15) is 0 Å². The minimum absolute atomic E-state index is 0.349. The van der Waals surface area contributed by atoms with Gasteiger partial charge in [-0.2, -0.15) is 0 Å². The Hall–Kier alpha value is -0.570. The summed E-state index contributed by atoms with van der Waals surface area (Å²) in [6, 6.07) is 0.563. The molecular weight excluding hydrogens is 200 g/mol. The Bertz CT molecular complexity index is 240. The molecule has 16 heavy (non-hydrogen) atoms. The zero-order valence-corrected chi connectivity index (χ0v) is 10.2. The maximum atomic E-state index is 12.1. The number of hydrogen-bond acceptors (Lipinski definition) is 2. The molecule has 0 radical (unpaired) electrons. The first kappa shape index (κ1) is 11.9. The molecule has 1 heterocycles. The van der Waals surface area contributed by atoms with Crippen LogP contribution in [0.3, 0.4) is 0 Å². The van der Waals surface area contributed by atoms with E-state index in [0.29, 0.717) is 24.9 Å². The highest BCUT2D eigenvalue weighted by Crippen LogP contribution is 2.35. The number of carbonyl (C=O) groups excluding carboxylic acids is 1. The molecule has 1 saturated heterocycles. The predicted molar refractivity (Wildman–Crippen MR) is 65.0 cm³/mol. The van der Waals surface area contributed by atoms with E-state index in [1.165, 1.54) is 38.5 Å². The zero-order valence-electron chi connectivity index (χ0n) is 10.2. The zero-order chi connectivity index (χ0) is 11.4. The van der Waals surface area contributed by atoms with Crippen LogP contribution >= 0.6 is 0 Å². The first-order chi connectivity index (χ1) is 7.83. The van der Waals surface area contributed by atoms with Crippen LogP contribution in [0.2, 0.25) is 0 Å². The number of fused-ring (bicyclic) bond motifs is 1. The van der Waals surface area contributed by atoms with Crippen LogP contribution in [0.25, 0.3) is 0 Å². The van der Waals surface area contributed by atoms with Gasteiger partial charge in [0.15, 0.2) is 0 Å². The van der Waals surface area contributed by atoms with Gasteiger partial charge in [0.25, 0.3) is 0 Å². The number of likely N-dealkylation sites (tertiary alicyclic amines) is 1. The van der Waals surface area contributed by atoms with E-state index in [-0.39, 0.29) is 0 Å². The largest absolute Gasteiger partial charge is 0.339 e. The second-order valence-electron chi connectivity index (χ2n) is 5.23. The number of amides is 1. The number of rotatable bonds is 3. The van der Waals surface area contributed by atoms with Crippen LogP contribution in [0, 0.1) is 5.92 Å². The summed E-state index contributed by atoms with van der Waals surface area (Å²) in [5.74, 6) is 1.14. The molecule has 0 aromatic heterocycles. The van der Waals surface area contributed by atoms with Crippen LogP contribution in [-0.2, 0) is 4.79 Å². The van der Waals surface area contributed by atoms with Crippen molar-refractivity contribution in [2.24, 2.45) is 11.7 Å². The van der Waals surface area contributed by atoms with Crippen LogP contribution in [0.4, 0.5) is 0 Å². The summed E-state index contributed by atoms with van der Waals surface area (Å²) >= 11 is 0. The third kappa shape index (κ3) is 2.57. The van der Waals surface area contributed by atoms with Crippen molar-refractivity contribution in [3.8, 4) is 0 Å². The molecule has 3 nitrogen and oxygen atoms in total. The molecule has 0 aromatic rings. The molecule has 2 fully saturated rings. The predicted octanol–water partition coefficient (Wildman–Crippen LogP) is 1.91. The summed E-state index contributed by atoms with van der Waals surface area (Å²) in [6.45, 7) is 1.62. The lowest BCUT2D eigenvalue weighted by atomic mass is 9.78. The van der Waals surface area contributed by atoms with Gasteiger partial charge in [0.2, 0.25) is 5.91 Å². The Morgan fingerprint density at radius 1 is 1.19 bits per heavy atom. The van der Waals surface area contributed by atoms with Crippen molar-refractivity contribution in [3.63, 3.8) is 0 Å². The maximum Gasteiger partial charge on any atom is 0.222 e. The van der Waals surface area contributed by atoms with Crippen LogP contribution in [0.5, 0.6) is 0 Å². The fraction of sp³-hybridized carbons (Fsp3) is 0.923. The molecule has 0 bridgehead atoms. The summed E-state index contributed by atoms with van der Waals surface area (Å²) in [5, 5.41) is 0. The average Bonchev–Trinajstić information content (AvgIpc) is 2.35. The van der Waals surface area contributed by atoms with Crippen molar-refractivity contribution >= 4 is 5.91 Å². The Kier molecular flexibility index (Phi) is 4.22. The number of carbonyl (C=O) groups is 1. The van der Waals surface area contributed by atoms with E-state index in [1.54, 1.807) is 0 Å². The number of nitrogens with two attached hydrogens (primary N) is 1. The summed E-state index contributed by atoms with van der Waals surface area (Å²) in [4.78, 5) is 14.3. The van der Waals surface area contributed by atoms with Gasteiger partial charge < -0.3 is 10.6 Å². The van der Waals surface area contributed by atoms with Gasteiger partial charge >= 0.3 is 0 Å². The lowest BCUT2D eigenvalue weighted by Crippen LogP contribution is -2.49. The van der Waals surface area contributed by atoms with Crippen molar-refractivity contribution in [2.45, 2.75) is 57.4 Å². The lowest BCUT2D eigenvalue weighted by molar-refractivity contribution is -0.137. The van der Waals surface area contributed by atoms with Gasteiger partial charge in [-0.25, -0.2) is 0 Å². The Morgan fingerprint density at radius 2 is 1.94 bits per heavy atom. The van der Waals surface area contributed by atoms with E-state index in [4.69, 9.17) is 5.73 Å². The van der Waals surface area contributed by atoms with Crippen molar-refractivity contribution in [1.82, 2.24) is 4.90 Å². The molecular formula is C13H24N2O. The van der Waals surface area contributed by atoms with Crippen molar-refractivity contribution in [2.75, 3.05) is 13.1 Å². The summed E-state index contributed by atoms with van der Waals surface area (Å²) < 4.78 is 0. The topological polar surface area (TPSA) is 46.3 Å². The highest BCUT2D eigenvalue weighted by atomic mass is 16.2. The van der Waals surface area contributed by atoms with E-state index in [0.717, 1.165) is 18.9 Å². The van der Waals surface area contributed by atoms with Crippen molar-refractivity contribution in [1.29, 1.82) is 0 Å². The molecule has 1 aliphatic heterocycles. The van der Waals surface area contributed by atoms with E-state index in [1.807, 2.05) is 0 Å². The molecule has 0 aromatic carbocycles. The summed E-state index contributed by atoms with van der Waals surface area (Å²) in [6.07, 6.45) is 9.28. The number of piperidine rings is 1. The van der Waals surface area contributed by atoms with Crippen molar-refractivity contribution < 1.29 is 4.79 Å². The molecule has 1 saturated carbocycles. The monoisotopic (exact) mass is 224 g/mol. The highest BCUT2D eigenvalue weighted by Gasteiger charge is 2.35. The molecule has 1 amide bonds. The van der Waals surface area contributed by atoms with E-state index >= 15 is 0 Å². The van der Waals surface area contributed by atoms with Gasteiger partial charge in [0.05, 0.1) is 0 Å². The van der Waals surface area contributed by atoms with Gasteiger partial charge in [0, 0.05) is 19.0 Å². The maximum absolute atomic E-state index is 12.1. The fourth-order valence-corrected chi connectivity index (χ4v) is 3.33. The molecule has 3 heteroatoms. The minimum Gasteiger partial charge on any atom is -0.339 e. The standard InChI is InChI=1S/C13H24N2O/c14-9-3-8-13(16)15-10-4-6-11-5-1-2-7-12(11)15/h11-12H,1-10,14H2. The molecule has 2 aliphatic rings. The van der Waals surface area contributed by atoms with Crippen LogP contribution in [-0.4, -0.2) is 29.9 Å². The first-order valence-corrected chi connectivity index (χ1v) is 6.82. The third-order valence-corrected chi connectivity index (χ3v) is 4.16. The lowest BCUT2D eigenvalue weighted by Gasteiger charge is -2.44. The van der Waals surface area contributed by atoms with Gasteiger partial charge in [-0.1, -0.05) is 12.8 Å². The minimum atomic E-state index is 0.349. The quantitative estimate of drug-likeness (QED) is 0.796. The average molecular weight is 224 g/mol. The Morgan fingerprint density at radius 3 is 2.75 bits per heavy atom. The highest BCUT2D eigenvalue weighted by molar-refractivity contribution is 5.76. The van der Waals surface area contributed by atoms with E-state index in [9.17, 15) is 4.79 Å². The molecule has 0 spiro atoms. The van der Waals surface area contributed by atoms with E-state index in [2.05, 4.69) is 4.90 Å². The molecule has 2 N–H and O–H groups in total. The Balaban J connectivity index is 1.93. The molecule has 2 rings (SSSR count). The Labute approximate surface area is 98.4 Å². The molecule has 92 valence electrons. The molecule has 2 atom stereocenters. The fourth-order valence-electron chi connectivity index (χ4n) is 3.33. The van der Waals surface area contributed by atoms with Gasteiger partial charge in [-0.05, 0) is 44.6 Å². The van der Waals surface area contributed by atoms with E-state index < -0.39 is 0 Å². The summed E-state index contributed by atoms with van der Waals surface area (Å²) in [7, 11) is 0. The molecule has 1 aliphatic carbocycles. The van der Waals surface area contributed by atoms with Gasteiger partial charge in [-0.15, -0.1) is 0 Å².